The summed E-state index contributed by atoms with van der Waals surface area (Å²) in [6.07, 6.45) is 7.68. The van der Waals surface area contributed by atoms with Gasteiger partial charge in [-0.05, 0) is 25.1 Å². The van der Waals surface area contributed by atoms with Crippen LogP contribution in [0.25, 0.3) is 0 Å². The van der Waals surface area contributed by atoms with E-state index in [0.29, 0.717) is 5.05 Å². The van der Waals surface area contributed by atoms with Crippen LogP contribution in [0, 0.1) is 0 Å². The molecule has 0 spiro atoms. The first kappa shape index (κ1) is 10.5. The van der Waals surface area contributed by atoms with Gasteiger partial charge in [-0.2, -0.15) is 0 Å². The van der Waals surface area contributed by atoms with E-state index in [0.717, 1.165) is 13.0 Å². The lowest BCUT2D eigenvalue weighted by Gasteiger charge is -2.22. The Morgan fingerprint density at radius 1 is 1.31 bits per heavy atom. The van der Waals surface area contributed by atoms with Crippen LogP contribution in [0.1, 0.15) is 33.1 Å². The summed E-state index contributed by atoms with van der Waals surface area (Å²) >= 11 is 5.07. The van der Waals surface area contributed by atoms with E-state index < -0.39 is 0 Å². The Hall–Kier alpha value is -0.630. The maximum Gasteiger partial charge on any atom is 0.191 e. The fourth-order valence-electron chi connectivity index (χ4n) is 1.53. The largest absolute Gasteiger partial charge is 0.483 e. The average molecular weight is 196 g/mol. The van der Waals surface area contributed by atoms with Crippen LogP contribution in [0.2, 0.25) is 0 Å². The maximum atomic E-state index is 5.27. The van der Waals surface area contributed by atoms with E-state index in [1.807, 2.05) is 13.8 Å². The molecule has 1 heterocycles. The van der Waals surface area contributed by atoms with E-state index in [1.165, 1.54) is 24.0 Å². The first-order valence-corrected chi connectivity index (χ1v) is 5.34. The third-order valence-electron chi connectivity index (χ3n) is 2.14. The monoisotopic (exact) mass is 196 g/mol. The second-order valence-electron chi connectivity index (χ2n) is 2.84. The molecule has 13 heavy (non-hydrogen) atoms. The van der Waals surface area contributed by atoms with Gasteiger partial charge in [0.25, 0.3) is 0 Å². The fourth-order valence-corrected chi connectivity index (χ4v) is 1.82. The van der Waals surface area contributed by atoms with Gasteiger partial charge in [-0.1, -0.05) is 31.6 Å². The van der Waals surface area contributed by atoms with Gasteiger partial charge in [0.2, 0.25) is 0 Å². The summed E-state index contributed by atoms with van der Waals surface area (Å²) in [6, 6.07) is 0. The molecule has 72 valence electrons. The molecule has 2 aliphatic rings. The molecule has 1 aliphatic carbocycles. The summed E-state index contributed by atoms with van der Waals surface area (Å²) in [5, 5.41) is 0.696. The predicted octanol–water partition coefficient (Wildman–Crippen LogP) is 3.41. The average Bonchev–Trinajstić information content (AvgIpc) is 2.22. The van der Waals surface area contributed by atoms with Crippen molar-refractivity contribution < 1.29 is 4.74 Å². The normalized spacial score (nSPS) is 20.0. The van der Waals surface area contributed by atoms with Gasteiger partial charge in [0, 0.05) is 12.0 Å². The Bertz CT molecular complexity index is 251. The molecule has 0 aromatic rings. The summed E-state index contributed by atoms with van der Waals surface area (Å²) < 4.78 is 5.27. The van der Waals surface area contributed by atoms with Gasteiger partial charge in [-0.25, -0.2) is 0 Å². The van der Waals surface area contributed by atoms with Gasteiger partial charge >= 0.3 is 0 Å². The van der Waals surface area contributed by atoms with E-state index in [-0.39, 0.29) is 0 Å². The summed E-state index contributed by atoms with van der Waals surface area (Å²) in [4.78, 5) is 0. The first-order chi connectivity index (χ1) is 6.38. The van der Waals surface area contributed by atoms with Gasteiger partial charge in [-0.15, -0.1) is 0 Å². The van der Waals surface area contributed by atoms with Gasteiger partial charge in [0.1, 0.15) is 0 Å². The van der Waals surface area contributed by atoms with Crippen LogP contribution in [0.5, 0.6) is 0 Å². The molecule has 0 fully saturated rings. The molecule has 0 aromatic heterocycles. The van der Waals surface area contributed by atoms with E-state index in [1.54, 1.807) is 0 Å². The Morgan fingerprint density at radius 3 is 2.77 bits per heavy atom. The number of allylic oxidation sites excluding steroid dienone is 1. The Morgan fingerprint density at radius 2 is 2.08 bits per heavy atom. The van der Waals surface area contributed by atoms with Crippen molar-refractivity contribution in [3.63, 3.8) is 0 Å². The molecule has 2 heteroatoms. The van der Waals surface area contributed by atoms with Crippen LogP contribution in [0.15, 0.2) is 23.3 Å². The second kappa shape index (κ2) is 5.18. The first-order valence-electron chi connectivity index (χ1n) is 4.93. The number of ether oxygens (including phenoxy) is 1. The molecule has 0 amide bonds. The predicted molar refractivity (Wildman–Crippen MR) is 59.9 cm³/mol. The lowest BCUT2D eigenvalue weighted by molar-refractivity contribution is 0.306. The molecule has 1 aliphatic heterocycles. The minimum Gasteiger partial charge on any atom is -0.483 e. The number of hydrogen-bond acceptors (Lipinski definition) is 2. The molecule has 2 rings (SSSR count). The molecule has 0 bridgehead atoms. The smallest absolute Gasteiger partial charge is 0.191 e. The molecule has 0 aromatic carbocycles. The third-order valence-corrected chi connectivity index (χ3v) is 2.47. The second-order valence-corrected chi connectivity index (χ2v) is 3.21. The zero-order valence-electron chi connectivity index (χ0n) is 8.30. The van der Waals surface area contributed by atoms with Crippen LogP contribution < -0.4 is 0 Å². The summed E-state index contributed by atoms with van der Waals surface area (Å²) in [5.41, 5.74) is 2.67. The molecule has 0 radical (unpaired) electrons. The summed E-state index contributed by atoms with van der Waals surface area (Å²) in [5.74, 6) is 0. The van der Waals surface area contributed by atoms with Crippen molar-refractivity contribution in [3.05, 3.63) is 23.3 Å². The molecule has 0 saturated heterocycles. The van der Waals surface area contributed by atoms with E-state index >= 15 is 0 Å². The minimum absolute atomic E-state index is 0.696. The van der Waals surface area contributed by atoms with Crippen molar-refractivity contribution in [2.45, 2.75) is 33.1 Å². The number of hydrogen-bond donors (Lipinski definition) is 0. The number of thiocarbonyl (C=S) groups is 1. The van der Waals surface area contributed by atoms with Crippen molar-refractivity contribution in [2.24, 2.45) is 0 Å². The Kier molecular flexibility index (Phi) is 4.16. The van der Waals surface area contributed by atoms with E-state index in [2.05, 4.69) is 12.2 Å². The zero-order valence-corrected chi connectivity index (χ0v) is 9.12. The highest BCUT2D eigenvalue weighted by Crippen LogP contribution is 2.26. The highest BCUT2D eigenvalue weighted by molar-refractivity contribution is 7.80. The SMILES string of the molecule is CC.S=C1OCCC2=C1C=CCC2. The molecular formula is C11H16OS. The van der Waals surface area contributed by atoms with Crippen LogP contribution in [0.3, 0.4) is 0 Å². The van der Waals surface area contributed by atoms with Crippen LogP contribution in [0.4, 0.5) is 0 Å². The van der Waals surface area contributed by atoms with E-state index in [4.69, 9.17) is 17.0 Å². The molecule has 0 saturated carbocycles. The highest BCUT2D eigenvalue weighted by atomic mass is 32.1. The fraction of sp³-hybridized carbons (Fsp3) is 0.545. The Labute approximate surface area is 85.5 Å². The van der Waals surface area contributed by atoms with Crippen molar-refractivity contribution in [2.75, 3.05) is 6.61 Å². The van der Waals surface area contributed by atoms with Gasteiger partial charge in [-0.3, -0.25) is 0 Å². The quantitative estimate of drug-likeness (QED) is 0.549. The van der Waals surface area contributed by atoms with Crippen molar-refractivity contribution in [1.29, 1.82) is 0 Å². The van der Waals surface area contributed by atoms with Crippen molar-refractivity contribution in [1.82, 2.24) is 0 Å². The van der Waals surface area contributed by atoms with E-state index in [9.17, 15) is 0 Å². The maximum absolute atomic E-state index is 5.27. The molecular weight excluding hydrogens is 180 g/mol. The zero-order chi connectivity index (χ0) is 9.68. The standard InChI is InChI=1S/C9H10OS.C2H6/c11-9-8-4-2-1-3-7(8)5-6-10-9;1-2/h2,4H,1,3,5-6H2;1-2H3. The van der Waals surface area contributed by atoms with Crippen LogP contribution in [-0.2, 0) is 4.74 Å². The third kappa shape index (κ3) is 2.41. The van der Waals surface area contributed by atoms with Gasteiger partial charge in [0.15, 0.2) is 5.05 Å². The molecule has 1 nitrogen and oxygen atoms in total. The van der Waals surface area contributed by atoms with Crippen molar-refractivity contribution >= 4 is 17.3 Å². The van der Waals surface area contributed by atoms with Gasteiger partial charge < -0.3 is 4.74 Å². The van der Waals surface area contributed by atoms with Crippen LogP contribution in [-0.4, -0.2) is 11.7 Å². The summed E-state index contributed by atoms with van der Waals surface area (Å²) in [7, 11) is 0. The lowest BCUT2D eigenvalue weighted by atomic mass is 9.94. The summed E-state index contributed by atoms with van der Waals surface area (Å²) in [6.45, 7) is 4.78. The molecule has 0 atom stereocenters. The van der Waals surface area contributed by atoms with Gasteiger partial charge in [0.05, 0.1) is 6.61 Å². The molecule has 0 unspecified atom stereocenters. The number of rotatable bonds is 0. The Balaban J connectivity index is 0.000000396. The van der Waals surface area contributed by atoms with Crippen molar-refractivity contribution in [3.8, 4) is 0 Å². The topological polar surface area (TPSA) is 9.23 Å². The van der Waals surface area contributed by atoms with Crippen LogP contribution >= 0.6 is 12.2 Å². The minimum atomic E-state index is 0.696. The highest BCUT2D eigenvalue weighted by Gasteiger charge is 2.17. The molecule has 0 N–H and O–H groups in total. The lowest BCUT2D eigenvalue weighted by Crippen LogP contribution is -2.16.